The van der Waals surface area contributed by atoms with E-state index in [1.165, 1.54) is 13.8 Å². The molecule has 0 aliphatic carbocycles. The molecule has 0 fully saturated rings. The molecule has 0 aliphatic heterocycles. The van der Waals surface area contributed by atoms with E-state index >= 15 is 0 Å². The minimum absolute atomic E-state index is 0.245. The molecule has 1 aromatic rings. The van der Waals surface area contributed by atoms with E-state index in [9.17, 15) is 18.0 Å². The smallest absolute Gasteiger partial charge is 0.433 e. The van der Waals surface area contributed by atoms with Gasteiger partial charge in [-0.2, -0.15) is 13.2 Å². The number of nitrogens with zero attached hydrogens (tertiary/aromatic N) is 2. The van der Waals surface area contributed by atoms with Crippen LogP contribution in [0.4, 0.5) is 19.1 Å². The summed E-state index contributed by atoms with van der Waals surface area (Å²) in [7, 11) is 0. The third kappa shape index (κ3) is 3.57. The fourth-order valence-electron chi connectivity index (χ4n) is 1.13. The third-order valence-corrected chi connectivity index (χ3v) is 2.44. The molecule has 0 aliphatic rings. The van der Waals surface area contributed by atoms with Crippen LogP contribution in [0.1, 0.15) is 19.5 Å². The van der Waals surface area contributed by atoms with Crippen LogP contribution in [0.25, 0.3) is 0 Å². The third-order valence-electron chi connectivity index (χ3n) is 2.44. The molecular weight excluding hydrogens is 251 g/mol. The molecule has 0 spiro atoms. The largest absolute Gasteiger partial charge is 0.481 e. The highest BCUT2D eigenvalue weighted by Gasteiger charge is 2.33. The average molecular weight is 263 g/mol. The first-order valence-electron chi connectivity index (χ1n) is 5.11. The predicted octanol–water partition coefficient (Wildman–Crippen LogP) is 2.02. The van der Waals surface area contributed by atoms with E-state index in [0.29, 0.717) is 0 Å². The van der Waals surface area contributed by atoms with Gasteiger partial charge in [-0.25, -0.2) is 9.97 Å². The Morgan fingerprint density at radius 2 is 2.06 bits per heavy atom. The number of aromatic nitrogens is 2. The lowest BCUT2D eigenvalue weighted by molar-refractivity contribution is -0.142. The first-order valence-corrected chi connectivity index (χ1v) is 5.11. The Labute approximate surface area is 101 Å². The van der Waals surface area contributed by atoms with Gasteiger partial charge in [-0.1, -0.05) is 0 Å². The maximum Gasteiger partial charge on any atom is 0.433 e. The van der Waals surface area contributed by atoms with Gasteiger partial charge in [-0.3, -0.25) is 4.79 Å². The van der Waals surface area contributed by atoms with Gasteiger partial charge >= 0.3 is 12.1 Å². The molecule has 0 saturated carbocycles. The minimum atomic E-state index is -4.55. The van der Waals surface area contributed by atoms with Gasteiger partial charge in [-0.05, 0) is 19.9 Å². The second-order valence-electron chi connectivity index (χ2n) is 3.82. The number of hydrogen-bond donors (Lipinski definition) is 2. The number of carboxylic acids is 1. The summed E-state index contributed by atoms with van der Waals surface area (Å²) < 4.78 is 37.1. The second kappa shape index (κ2) is 5.19. The van der Waals surface area contributed by atoms with Crippen molar-refractivity contribution in [2.45, 2.75) is 26.1 Å². The molecule has 2 N–H and O–H groups in total. The number of anilines is 1. The summed E-state index contributed by atoms with van der Waals surface area (Å²) in [6.45, 7) is 2.97. The highest BCUT2D eigenvalue weighted by molar-refractivity contribution is 5.70. The van der Waals surface area contributed by atoms with Gasteiger partial charge in [0.05, 0.1) is 5.92 Å². The monoisotopic (exact) mass is 263 g/mol. The maximum atomic E-state index is 12.4. The Kier molecular flexibility index (Phi) is 4.10. The number of nitrogens with one attached hydrogen (secondary N) is 1. The minimum Gasteiger partial charge on any atom is -0.481 e. The van der Waals surface area contributed by atoms with Crippen molar-refractivity contribution < 1.29 is 23.1 Å². The van der Waals surface area contributed by atoms with Crippen LogP contribution in [0.3, 0.4) is 0 Å². The fraction of sp³-hybridized carbons (Fsp3) is 0.500. The van der Waals surface area contributed by atoms with E-state index in [1.807, 2.05) is 0 Å². The van der Waals surface area contributed by atoms with Crippen molar-refractivity contribution in [3.63, 3.8) is 0 Å². The van der Waals surface area contributed by atoms with Crippen LogP contribution in [0.5, 0.6) is 0 Å². The van der Waals surface area contributed by atoms with Crippen LogP contribution < -0.4 is 5.32 Å². The average Bonchev–Trinajstić information content (AvgIpc) is 2.27. The first kappa shape index (κ1) is 14.2. The zero-order chi connectivity index (χ0) is 13.9. The Balaban J connectivity index is 2.83. The SMILES string of the molecule is CC(Nc1nccc(C(F)(F)F)n1)C(C)C(=O)O. The van der Waals surface area contributed by atoms with E-state index in [1.54, 1.807) is 0 Å². The normalized spacial score (nSPS) is 14.9. The van der Waals surface area contributed by atoms with Gasteiger partial charge in [0.15, 0.2) is 0 Å². The van der Waals surface area contributed by atoms with Crippen LogP contribution in [0.15, 0.2) is 12.3 Å². The van der Waals surface area contributed by atoms with Crippen molar-refractivity contribution in [3.05, 3.63) is 18.0 Å². The Bertz CT molecular complexity index is 437. The molecule has 0 saturated heterocycles. The van der Waals surface area contributed by atoms with Crippen LogP contribution >= 0.6 is 0 Å². The summed E-state index contributed by atoms with van der Waals surface area (Å²) in [6.07, 6.45) is -3.59. The van der Waals surface area contributed by atoms with Gasteiger partial charge in [0.2, 0.25) is 5.95 Å². The van der Waals surface area contributed by atoms with Crippen molar-refractivity contribution in [1.29, 1.82) is 0 Å². The molecule has 18 heavy (non-hydrogen) atoms. The summed E-state index contributed by atoms with van der Waals surface area (Å²) >= 11 is 0. The lowest BCUT2D eigenvalue weighted by Crippen LogP contribution is -2.30. The standard InChI is InChI=1S/C10H12F3N3O2/c1-5(8(17)18)6(2)15-9-14-4-3-7(16-9)10(11,12)13/h3-6H,1-2H3,(H,17,18)(H,14,15,16). The van der Waals surface area contributed by atoms with E-state index in [0.717, 1.165) is 12.3 Å². The van der Waals surface area contributed by atoms with Crippen molar-refractivity contribution in [3.8, 4) is 0 Å². The summed E-state index contributed by atoms with van der Waals surface area (Å²) in [6, 6.07) is 0.155. The van der Waals surface area contributed by atoms with E-state index < -0.39 is 29.8 Å². The number of aliphatic carboxylic acids is 1. The lowest BCUT2D eigenvalue weighted by Gasteiger charge is -2.18. The number of carbonyl (C=O) groups is 1. The summed E-state index contributed by atoms with van der Waals surface area (Å²) in [5, 5.41) is 11.3. The second-order valence-corrected chi connectivity index (χ2v) is 3.82. The summed E-state index contributed by atoms with van der Waals surface area (Å²) in [5.41, 5.74) is -1.07. The highest BCUT2D eigenvalue weighted by Crippen LogP contribution is 2.27. The van der Waals surface area contributed by atoms with E-state index in [4.69, 9.17) is 5.11 Å². The number of hydrogen-bond acceptors (Lipinski definition) is 4. The summed E-state index contributed by atoms with van der Waals surface area (Å²) in [4.78, 5) is 17.6. The number of carboxylic acid groups (broad SMARTS) is 1. The Morgan fingerprint density at radius 3 is 2.56 bits per heavy atom. The Hall–Kier alpha value is -1.86. The molecule has 2 atom stereocenters. The van der Waals surface area contributed by atoms with Crippen molar-refractivity contribution in [1.82, 2.24) is 9.97 Å². The molecule has 0 bridgehead atoms. The van der Waals surface area contributed by atoms with Crippen molar-refractivity contribution >= 4 is 11.9 Å². The number of rotatable bonds is 4. The van der Waals surface area contributed by atoms with Crippen LogP contribution in [0.2, 0.25) is 0 Å². The molecule has 8 heteroatoms. The van der Waals surface area contributed by atoms with E-state index in [-0.39, 0.29) is 5.95 Å². The predicted molar refractivity (Wildman–Crippen MR) is 56.9 cm³/mol. The van der Waals surface area contributed by atoms with E-state index in [2.05, 4.69) is 15.3 Å². The van der Waals surface area contributed by atoms with Crippen molar-refractivity contribution in [2.24, 2.45) is 5.92 Å². The lowest BCUT2D eigenvalue weighted by atomic mass is 10.0. The molecular formula is C10H12F3N3O2. The molecule has 0 radical (unpaired) electrons. The quantitative estimate of drug-likeness (QED) is 0.869. The molecule has 5 nitrogen and oxygen atoms in total. The molecule has 2 unspecified atom stereocenters. The van der Waals surface area contributed by atoms with Crippen LogP contribution in [-0.2, 0) is 11.0 Å². The van der Waals surface area contributed by atoms with Gasteiger partial charge in [0.25, 0.3) is 0 Å². The molecule has 0 amide bonds. The first-order chi connectivity index (χ1) is 8.21. The van der Waals surface area contributed by atoms with Gasteiger partial charge in [0, 0.05) is 12.2 Å². The summed E-state index contributed by atoms with van der Waals surface area (Å²) in [5.74, 6) is -2.07. The van der Waals surface area contributed by atoms with Crippen molar-refractivity contribution in [2.75, 3.05) is 5.32 Å². The topological polar surface area (TPSA) is 75.1 Å². The zero-order valence-electron chi connectivity index (χ0n) is 9.69. The van der Waals surface area contributed by atoms with Gasteiger partial charge < -0.3 is 10.4 Å². The molecule has 1 heterocycles. The molecule has 1 aromatic heterocycles. The highest BCUT2D eigenvalue weighted by atomic mass is 19.4. The Morgan fingerprint density at radius 1 is 1.44 bits per heavy atom. The number of halogens is 3. The zero-order valence-corrected chi connectivity index (χ0v) is 9.69. The maximum absolute atomic E-state index is 12.4. The molecule has 1 rings (SSSR count). The van der Waals surface area contributed by atoms with Crippen LogP contribution in [0, 0.1) is 5.92 Å². The van der Waals surface area contributed by atoms with Gasteiger partial charge in [-0.15, -0.1) is 0 Å². The van der Waals surface area contributed by atoms with Gasteiger partial charge in [0.1, 0.15) is 5.69 Å². The molecule has 100 valence electrons. The fourth-order valence-corrected chi connectivity index (χ4v) is 1.13. The number of alkyl halides is 3. The molecule has 0 aromatic carbocycles. The van der Waals surface area contributed by atoms with Crippen LogP contribution in [-0.4, -0.2) is 27.1 Å².